The van der Waals surface area contributed by atoms with Gasteiger partial charge in [-0.3, -0.25) is 9.69 Å². The zero-order valence-corrected chi connectivity index (χ0v) is 17.0. The van der Waals surface area contributed by atoms with Crippen LogP contribution >= 0.6 is 0 Å². The van der Waals surface area contributed by atoms with E-state index in [9.17, 15) is 13.2 Å². The first kappa shape index (κ1) is 20.5. The lowest BCUT2D eigenvalue weighted by atomic mass is 10.1. The van der Waals surface area contributed by atoms with Crippen molar-refractivity contribution in [2.45, 2.75) is 24.8 Å². The molecule has 1 heterocycles. The molecule has 0 bridgehead atoms. The Morgan fingerprint density at radius 1 is 0.929 bits per heavy atom. The van der Waals surface area contributed by atoms with E-state index in [2.05, 4.69) is 22.3 Å². The van der Waals surface area contributed by atoms with E-state index in [1.807, 2.05) is 30.3 Å². The molecule has 0 aliphatic carbocycles. The van der Waals surface area contributed by atoms with Crippen molar-refractivity contribution in [1.29, 1.82) is 0 Å². The monoisotopic (exact) mass is 401 g/mol. The molecule has 6 nitrogen and oxygen atoms in total. The minimum absolute atomic E-state index is 0.0643. The van der Waals surface area contributed by atoms with Crippen molar-refractivity contribution in [1.82, 2.24) is 14.5 Å². The number of sulfonamides is 1. The normalized spacial score (nSPS) is 16.0. The van der Waals surface area contributed by atoms with Crippen LogP contribution in [-0.4, -0.2) is 56.3 Å². The Kier molecular flexibility index (Phi) is 6.83. The molecular weight excluding hydrogens is 374 g/mol. The summed E-state index contributed by atoms with van der Waals surface area (Å²) in [6, 6.07) is 17.2. The van der Waals surface area contributed by atoms with Gasteiger partial charge in [0, 0.05) is 46.2 Å². The maximum Gasteiger partial charge on any atom is 0.243 e. The fourth-order valence-corrected chi connectivity index (χ4v) is 4.75. The SMILES string of the molecule is CC(=O)NCCc1ccc(S(=O)(=O)N2CCN(Cc3ccccc3)CC2)cc1. The molecule has 1 aliphatic rings. The maximum atomic E-state index is 12.9. The molecule has 0 aromatic heterocycles. The van der Waals surface area contributed by atoms with Crippen LogP contribution in [0.3, 0.4) is 0 Å². The number of carbonyl (C=O) groups excluding carboxylic acids is 1. The Morgan fingerprint density at radius 3 is 2.18 bits per heavy atom. The number of rotatable bonds is 7. The van der Waals surface area contributed by atoms with E-state index >= 15 is 0 Å². The lowest BCUT2D eigenvalue weighted by molar-refractivity contribution is -0.118. The maximum absolute atomic E-state index is 12.9. The number of hydrogen-bond donors (Lipinski definition) is 1. The highest BCUT2D eigenvalue weighted by molar-refractivity contribution is 7.89. The molecule has 1 saturated heterocycles. The van der Waals surface area contributed by atoms with Crippen molar-refractivity contribution in [3.05, 3.63) is 65.7 Å². The second kappa shape index (κ2) is 9.32. The van der Waals surface area contributed by atoms with Gasteiger partial charge in [0.2, 0.25) is 15.9 Å². The summed E-state index contributed by atoms with van der Waals surface area (Å²) in [6.07, 6.45) is 0.679. The van der Waals surface area contributed by atoms with Gasteiger partial charge in [0.05, 0.1) is 4.90 Å². The topological polar surface area (TPSA) is 69.7 Å². The summed E-state index contributed by atoms with van der Waals surface area (Å²) in [6.45, 7) is 5.32. The predicted molar refractivity (Wildman–Crippen MR) is 109 cm³/mol. The van der Waals surface area contributed by atoms with E-state index < -0.39 is 10.0 Å². The van der Waals surface area contributed by atoms with Crippen molar-refractivity contribution >= 4 is 15.9 Å². The molecule has 1 fully saturated rings. The molecule has 7 heteroatoms. The summed E-state index contributed by atoms with van der Waals surface area (Å²) in [5.74, 6) is -0.0643. The fourth-order valence-electron chi connectivity index (χ4n) is 3.33. The van der Waals surface area contributed by atoms with Gasteiger partial charge in [-0.15, -0.1) is 0 Å². The van der Waals surface area contributed by atoms with Crippen LogP contribution in [0.4, 0.5) is 0 Å². The van der Waals surface area contributed by atoms with Crippen LogP contribution in [0, 0.1) is 0 Å². The van der Waals surface area contributed by atoms with E-state index in [1.165, 1.54) is 12.5 Å². The van der Waals surface area contributed by atoms with Gasteiger partial charge in [-0.05, 0) is 29.7 Å². The molecule has 0 radical (unpaired) electrons. The van der Waals surface area contributed by atoms with Gasteiger partial charge in [-0.25, -0.2) is 8.42 Å². The van der Waals surface area contributed by atoms with Gasteiger partial charge in [0.25, 0.3) is 0 Å². The fraction of sp³-hybridized carbons (Fsp3) is 0.381. The summed E-state index contributed by atoms with van der Waals surface area (Å²) in [7, 11) is -3.47. The van der Waals surface area contributed by atoms with Gasteiger partial charge in [0.1, 0.15) is 0 Å². The van der Waals surface area contributed by atoms with E-state index in [-0.39, 0.29) is 5.91 Å². The summed E-state index contributed by atoms with van der Waals surface area (Å²) >= 11 is 0. The van der Waals surface area contributed by atoms with Crippen LogP contribution in [0.25, 0.3) is 0 Å². The minimum Gasteiger partial charge on any atom is -0.356 e. The van der Waals surface area contributed by atoms with Crippen molar-refractivity contribution in [2.24, 2.45) is 0 Å². The molecule has 3 rings (SSSR count). The Morgan fingerprint density at radius 2 is 1.57 bits per heavy atom. The average Bonchev–Trinajstić information content (AvgIpc) is 2.69. The highest BCUT2D eigenvalue weighted by Crippen LogP contribution is 2.19. The Bertz CT molecular complexity index is 875. The largest absolute Gasteiger partial charge is 0.356 e. The Hall–Kier alpha value is -2.22. The Balaban J connectivity index is 1.55. The molecule has 2 aromatic carbocycles. The summed E-state index contributed by atoms with van der Waals surface area (Å²) in [4.78, 5) is 13.5. The standard InChI is InChI=1S/C21H27N3O3S/c1-18(25)22-12-11-19-7-9-21(10-8-19)28(26,27)24-15-13-23(14-16-24)17-20-5-3-2-4-6-20/h2-10H,11-17H2,1H3,(H,22,25). The number of carbonyl (C=O) groups is 1. The van der Waals surface area contributed by atoms with Crippen LogP contribution in [0.5, 0.6) is 0 Å². The second-order valence-corrected chi connectivity index (χ2v) is 8.98. The first-order valence-corrected chi connectivity index (χ1v) is 11.0. The lowest BCUT2D eigenvalue weighted by Crippen LogP contribution is -2.48. The highest BCUT2D eigenvalue weighted by atomic mass is 32.2. The molecule has 0 spiro atoms. The van der Waals surface area contributed by atoms with Crippen molar-refractivity contribution in [3.8, 4) is 0 Å². The smallest absolute Gasteiger partial charge is 0.243 e. The zero-order chi connectivity index (χ0) is 20.0. The molecule has 0 atom stereocenters. The summed E-state index contributed by atoms with van der Waals surface area (Å²) in [5, 5.41) is 2.74. The summed E-state index contributed by atoms with van der Waals surface area (Å²) in [5.41, 5.74) is 2.24. The zero-order valence-electron chi connectivity index (χ0n) is 16.2. The third-order valence-electron chi connectivity index (χ3n) is 4.93. The van der Waals surface area contributed by atoms with Gasteiger partial charge in [-0.1, -0.05) is 42.5 Å². The van der Waals surface area contributed by atoms with Crippen LogP contribution in [0.1, 0.15) is 18.1 Å². The number of amides is 1. The highest BCUT2D eigenvalue weighted by Gasteiger charge is 2.28. The van der Waals surface area contributed by atoms with Gasteiger partial charge >= 0.3 is 0 Å². The molecule has 150 valence electrons. The Labute approximate surface area is 167 Å². The third-order valence-corrected chi connectivity index (χ3v) is 6.84. The lowest BCUT2D eigenvalue weighted by Gasteiger charge is -2.34. The third kappa shape index (κ3) is 5.41. The molecule has 0 unspecified atom stereocenters. The summed E-state index contributed by atoms with van der Waals surface area (Å²) < 4.78 is 27.4. The van der Waals surface area contributed by atoms with Crippen molar-refractivity contribution < 1.29 is 13.2 Å². The molecule has 1 aliphatic heterocycles. The molecule has 0 saturated carbocycles. The van der Waals surface area contributed by atoms with Gasteiger partial charge in [0.15, 0.2) is 0 Å². The van der Waals surface area contributed by atoms with Gasteiger partial charge < -0.3 is 5.32 Å². The van der Waals surface area contributed by atoms with E-state index in [0.717, 1.165) is 25.2 Å². The number of nitrogens with zero attached hydrogens (tertiary/aromatic N) is 2. The second-order valence-electron chi connectivity index (χ2n) is 7.04. The van der Waals surface area contributed by atoms with Crippen LogP contribution in [-0.2, 0) is 27.8 Å². The molecule has 1 N–H and O–H groups in total. The number of piperazine rings is 1. The van der Waals surface area contributed by atoms with Gasteiger partial charge in [-0.2, -0.15) is 4.31 Å². The molecule has 2 aromatic rings. The van der Waals surface area contributed by atoms with E-state index in [1.54, 1.807) is 16.4 Å². The molecular formula is C21H27N3O3S. The number of benzene rings is 2. The minimum atomic E-state index is -3.47. The average molecular weight is 402 g/mol. The molecule has 28 heavy (non-hydrogen) atoms. The first-order valence-electron chi connectivity index (χ1n) is 9.55. The van der Waals surface area contributed by atoms with E-state index in [4.69, 9.17) is 0 Å². The van der Waals surface area contributed by atoms with E-state index in [0.29, 0.717) is 31.0 Å². The molecule has 1 amide bonds. The van der Waals surface area contributed by atoms with Crippen LogP contribution < -0.4 is 5.32 Å². The number of nitrogens with one attached hydrogen (secondary N) is 1. The van der Waals surface area contributed by atoms with Crippen molar-refractivity contribution in [2.75, 3.05) is 32.7 Å². The number of hydrogen-bond acceptors (Lipinski definition) is 4. The van der Waals surface area contributed by atoms with Crippen molar-refractivity contribution in [3.63, 3.8) is 0 Å². The first-order chi connectivity index (χ1) is 13.4. The van der Waals surface area contributed by atoms with Crippen LogP contribution in [0.2, 0.25) is 0 Å². The van der Waals surface area contributed by atoms with Crippen LogP contribution in [0.15, 0.2) is 59.5 Å². The quantitative estimate of drug-likeness (QED) is 0.769. The predicted octanol–water partition coefficient (Wildman–Crippen LogP) is 1.87.